The van der Waals surface area contributed by atoms with Crippen molar-refractivity contribution in [1.29, 1.82) is 0 Å². The number of nitrogens with zero attached hydrogens (tertiary/aromatic N) is 1. The predicted octanol–water partition coefficient (Wildman–Crippen LogP) is 0.443. The number of hydrogen-bond donors (Lipinski definition) is 1. The van der Waals surface area contributed by atoms with Crippen molar-refractivity contribution in [2.24, 2.45) is 5.92 Å². The zero-order valence-corrected chi connectivity index (χ0v) is 10.2. The van der Waals surface area contributed by atoms with Crippen LogP contribution in [0, 0.1) is 5.92 Å². The molecule has 3 atom stereocenters. The molecular weight excluding hydrogens is 210 g/mol. The molecule has 0 aromatic carbocycles. The topological polar surface area (TPSA) is 59.0 Å². The van der Waals surface area contributed by atoms with Gasteiger partial charge in [0.2, 0.25) is 0 Å². The van der Waals surface area contributed by atoms with Gasteiger partial charge in [-0.25, -0.2) is 0 Å². The molecule has 1 heterocycles. The van der Waals surface area contributed by atoms with Crippen molar-refractivity contribution in [3.05, 3.63) is 0 Å². The fourth-order valence-electron chi connectivity index (χ4n) is 2.32. The van der Waals surface area contributed by atoms with Crippen LogP contribution in [0.5, 0.6) is 0 Å². The molecule has 1 rings (SSSR count). The molecule has 0 amide bonds. The summed E-state index contributed by atoms with van der Waals surface area (Å²) in [5.74, 6) is -1.19. The largest absolute Gasteiger partial charge is 0.481 e. The van der Waals surface area contributed by atoms with Crippen molar-refractivity contribution >= 4 is 5.97 Å². The van der Waals surface area contributed by atoms with Crippen LogP contribution in [0.4, 0.5) is 0 Å². The van der Waals surface area contributed by atoms with E-state index >= 15 is 0 Å². The molecule has 5 nitrogen and oxygen atoms in total. The number of aliphatic carboxylic acids is 1. The summed E-state index contributed by atoms with van der Waals surface area (Å²) in [6.07, 6.45) is 0. The van der Waals surface area contributed by atoms with Crippen LogP contribution in [0.1, 0.15) is 13.8 Å². The Balaban J connectivity index is 2.67. The number of ether oxygens (including phenoxy) is 2. The summed E-state index contributed by atoms with van der Waals surface area (Å²) in [4.78, 5) is 13.2. The van der Waals surface area contributed by atoms with Crippen molar-refractivity contribution in [1.82, 2.24) is 4.90 Å². The van der Waals surface area contributed by atoms with E-state index in [2.05, 4.69) is 4.90 Å². The third-order valence-corrected chi connectivity index (χ3v) is 3.13. The number of carbonyl (C=O) groups is 1. The molecule has 1 fully saturated rings. The first-order valence-electron chi connectivity index (χ1n) is 5.67. The van der Waals surface area contributed by atoms with Crippen LogP contribution in [0.2, 0.25) is 0 Å². The Morgan fingerprint density at radius 3 is 2.81 bits per heavy atom. The van der Waals surface area contributed by atoms with E-state index in [-0.39, 0.29) is 12.1 Å². The van der Waals surface area contributed by atoms with E-state index in [0.29, 0.717) is 19.8 Å². The number of carboxylic acids is 1. The second-order valence-corrected chi connectivity index (χ2v) is 4.18. The Morgan fingerprint density at radius 1 is 1.62 bits per heavy atom. The smallest absolute Gasteiger partial charge is 0.310 e. The fourth-order valence-corrected chi connectivity index (χ4v) is 2.32. The average molecular weight is 231 g/mol. The van der Waals surface area contributed by atoms with E-state index in [4.69, 9.17) is 14.6 Å². The molecule has 0 bridgehead atoms. The molecule has 1 N–H and O–H groups in total. The molecule has 5 heteroatoms. The highest BCUT2D eigenvalue weighted by Gasteiger charge is 2.38. The Kier molecular flexibility index (Phi) is 5.18. The van der Waals surface area contributed by atoms with Crippen LogP contribution in [-0.4, -0.2) is 61.5 Å². The number of carboxylic acid groups (broad SMARTS) is 1. The third-order valence-electron chi connectivity index (χ3n) is 3.13. The first kappa shape index (κ1) is 13.4. The molecule has 1 aliphatic heterocycles. The van der Waals surface area contributed by atoms with Gasteiger partial charge >= 0.3 is 5.97 Å². The molecular formula is C11H21NO4. The minimum Gasteiger partial charge on any atom is -0.481 e. The van der Waals surface area contributed by atoms with E-state index in [1.54, 1.807) is 7.11 Å². The summed E-state index contributed by atoms with van der Waals surface area (Å²) in [5, 5.41) is 9.10. The molecule has 0 aliphatic carbocycles. The molecule has 3 unspecified atom stereocenters. The van der Waals surface area contributed by atoms with Crippen molar-refractivity contribution in [2.45, 2.75) is 25.9 Å². The van der Waals surface area contributed by atoms with Gasteiger partial charge in [-0.1, -0.05) is 6.92 Å². The molecule has 16 heavy (non-hydrogen) atoms. The highest BCUT2D eigenvalue weighted by atomic mass is 16.5. The normalized spacial score (nSPS) is 27.2. The van der Waals surface area contributed by atoms with E-state index in [0.717, 1.165) is 6.54 Å². The lowest BCUT2D eigenvalue weighted by Crippen LogP contribution is -2.49. The summed E-state index contributed by atoms with van der Waals surface area (Å²) in [6.45, 7) is 6.31. The van der Waals surface area contributed by atoms with Crippen molar-refractivity contribution in [2.75, 3.05) is 33.5 Å². The highest BCUT2D eigenvalue weighted by Crippen LogP contribution is 2.21. The van der Waals surface area contributed by atoms with Gasteiger partial charge in [-0.2, -0.15) is 0 Å². The molecule has 0 aromatic rings. The van der Waals surface area contributed by atoms with Gasteiger partial charge in [-0.15, -0.1) is 0 Å². The van der Waals surface area contributed by atoms with Crippen LogP contribution in [-0.2, 0) is 14.3 Å². The van der Waals surface area contributed by atoms with Crippen molar-refractivity contribution in [3.8, 4) is 0 Å². The summed E-state index contributed by atoms with van der Waals surface area (Å²) in [5.41, 5.74) is 0. The van der Waals surface area contributed by atoms with E-state index < -0.39 is 11.9 Å². The Bertz CT molecular complexity index is 234. The molecule has 0 saturated carbocycles. The summed E-state index contributed by atoms with van der Waals surface area (Å²) < 4.78 is 10.4. The number of rotatable bonds is 6. The van der Waals surface area contributed by atoms with Crippen LogP contribution in [0.3, 0.4) is 0 Å². The number of hydrogen-bond acceptors (Lipinski definition) is 4. The first-order chi connectivity index (χ1) is 7.61. The molecule has 0 spiro atoms. The second kappa shape index (κ2) is 6.18. The van der Waals surface area contributed by atoms with Gasteiger partial charge in [-0.05, 0) is 13.5 Å². The van der Waals surface area contributed by atoms with Gasteiger partial charge < -0.3 is 14.6 Å². The van der Waals surface area contributed by atoms with E-state index in [1.165, 1.54) is 0 Å². The first-order valence-corrected chi connectivity index (χ1v) is 5.67. The summed E-state index contributed by atoms with van der Waals surface area (Å²) in [6, 6.07) is 0.177. The van der Waals surface area contributed by atoms with E-state index in [9.17, 15) is 4.79 Å². The van der Waals surface area contributed by atoms with E-state index in [1.807, 2.05) is 13.8 Å². The molecule has 1 saturated heterocycles. The quantitative estimate of drug-likeness (QED) is 0.719. The van der Waals surface area contributed by atoms with Crippen molar-refractivity contribution < 1.29 is 19.4 Å². The van der Waals surface area contributed by atoms with Crippen LogP contribution in [0.25, 0.3) is 0 Å². The number of likely N-dealkylation sites (N-methyl/N-ethyl adjacent to an activating group) is 1. The van der Waals surface area contributed by atoms with Gasteiger partial charge in [-0.3, -0.25) is 9.69 Å². The standard InChI is InChI=1S/C11H21NO4/c1-4-12(8(2)5-15-3)10-7-16-6-9(10)11(13)14/h8-10H,4-7H2,1-3H3,(H,13,14). The van der Waals surface area contributed by atoms with Crippen LogP contribution in [0.15, 0.2) is 0 Å². The molecule has 1 aliphatic rings. The third kappa shape index (κ3) is 2.93. The highest BCUT2D eigenvalue weighted by molar-refractivity contribution is 5.71. The SMILES string of the molecule is CCN(C(C)COC)C1COCC1C(=O)O. The lowest BCUT2D eigenvalue weighted by molar-refractivity contribution is -0.143. The molecule has 0 aromatic heterocycles. The van der Waals surface area contributed by atoms with Crippen molar-refractivity contribution in [3.63, 3.8) is 0 Å². The molecule has 94 valence electrons. The maximum absolute atomic E-state index is 11.1. The van der Waals surface area contributed by atoms with Gasteiger partial charge in [0.05, 0.1) is 25.7 Å². The Morgan fingerprint density at radius 2 is 2.31 bits per heavy atom. The van der Waals surface area contributed by atoms with Gasteiger partial charge in [0.15, 0.2) is 0 Å². The maximum atomic E-state index is 11.1. The van der Waals surface area contributed by atoms with Crippen LogP contribution < -0.4 is 0 Å². The monoisotopic (exact) mass is 231 g/mol. The fraction of sp³-hybridized carbons (Fsp3) is 0.909. The van der Waals surface area contributed by atoms with Gasteiger partial charge in [0.25, 0.3) is 0 Å². The lowest BCUT2D eigenvalue weighted by atomic mass is 10.0. The minimum atomic E-state index is -0.773. The minimum absolute atomic E-state index is 0.0346. The predicted molar refractivity (Wildman–Crippen MR) is 59.5 cm³/mol. The Hall–Kier alpha value is -0.650. The maximum Gasteiger partial charge on any atom is 0.310 e. The summed E-state index contributed by atoms with van der Waals surface area (Å²) in [7, 11) is 1.66. The molecule has 0 radical (unpaired) electrons. The average Bonchev–Trinajstić information content (AvgIpc) is 2.68. The van der Waals surface area contributed by atoms with Gasteiger partial charge in [0, 0.05) is 19.2 Å². The zero-order valence-electron chi connectivity index (χ0n) is 10.2. The Labute approximate surface area is 96.3 Å². The lowest BCUT2D eigenvalue weighted by Gasteiger charge is -2.34. The van der Waals surface area contributed by atoms with Gasteiger partial charge in [0.1, 0.15) is 0 Å². The second-order valence-electron chi connectivity index (χ2n) is 4.18. The van der Waals surface area contributed by atoms with Crippen LogP contribution >= 0.6 is 0 Å². The zero-order chi connectivity index (χ0) is 12.1. The number of methoxy groups -OCH3 is 1. The summed E-state index contributed by atoms with van der Waals surface area (Å²) >= 11 is 0.